The van der Waals surface area contributed by atoms with Crippen LogP contribution in [-0.2, 0) is 4.79 Å². The van der Waals surface area contributed by atoms with Gasteiger partial charge in [-0.25, -0.2) is 0 Å². The smallest absolute Gasteiger partial charge is 0.241 e. The summed E-state index contributed by atoms with van der Waals surface area (Å²) in [7, 11) is 3.82. The molecule has 0 spiro atoms. The third-order valence-corrected chi connectivity index (χ3v) is 3.43. The third-order valence-electron chi connectivity index (χ3n) is 3.43. The highest BCUT2D eigenvalue weighted by Gasteiger charge is 2.43. The standard InChI is InChI=1S/C11H21N3O/c1-8-7-13(3)11(15)10(6-12-2)14(8)9-4-5-9/h8-10,12H,4-7H2,1-3H3. The average molecular weight is 211 g/mol. The van der Waals surface area contributed by atoms with E-state index in [-0.39, 0.29) is 11.9 Å². The Morgan fingerprint density at radius 2 is 2.13 bits per heavy atom. The van der Waals surface area contributed by atoms with Crippen molar-refractivity contribution in [1.29, 1.82) is 0 Å². The van der Waals surface area contributed by atoms with Gasteiger partial charge in [0, 0.05) is 32.2 Å². The molecule has 4 nitrogen and oxygen atoms in total. The molecule has 2 fully saturated rings. The third kappa shape index (κ3) is 2.01. The van der Waals surface area contributed by atoms with Crippen LogP contribution in [0.25, 0.3) is 0 Å². The van der Waals surface area contributed by atoms with Crippen LogP contribution in [0, 0.1) is 0 Å². The Hall–Kier alpha value is -0.610. The normalized spacial score (nSPS) is 33.5. The molecule has 2 unspecified atom stereocenters. The van der Waals surface area contributed by atoms with Gasteiger partial charge in [0.1, 0.15) is 6.04 Å². The summed E-state index contributed by atoms with van der Waals surface area (Å²) in [6.07, 6.45) is 2.53. The highest BCUT2D eigenvalue weighted by atomic mass is 16.2. The molecule has 2 atom stereocenters. The molecule has 0 radical (unpaired) electrons. The molecule has 0 aromatic rings. The van der Waals surface area contributed by atoms with Gasteiger partial charge in [-0.05, 0) is 26.8 Å². The zero-order chi connectivity index (χ0) is 11.0. The van der Waals surface area contributed by atoms with Gasteiger partial charge in [0.15, 0.2) is 0 Å². The summed E-state index contributed by atoms with van der Waals surface area (Å²) >= 11 is 0. The average Bonchev–Trinajstić information content (AvgIpc) is 2.98. The van der Waals surface area contributed by atoms with Gasteiger partial charge in [-0.3, -0.25) is 9.69 Å². The molecular formula is C11H21N3O. The lowest BCUT2D eigenvalue weighted by molar-refractivity contribution is -0.143. The maximum absolute atomic E-state index is 12.0. The largest absolute Gasteiger partial charge is 0.343 e. The van der Waals surface area contributed by atoms with E-state index in [1.165, 1.54) is 12.8 Å². The van der Waals surface area contributed by atoms with Crippen molar-refractivity contribution in [2.24, 2.45) is 0 Å². The molecule has 1 amide bonds. The number of hydrogen-bond donors (Lipinski definition) is 1. The molecule has 0 bridgehead atoms. The van der Waals surface area contributed by atoms with Gasteiger partial charge in [0.2, 0.25) is 5.91 Å². The molecule has 15 heavy (non-hydrogen) atoms. The molecule has 1 saturated carbocycles. The van der Waals surface area contributed by atoms with Crippen molar-refractivity contribution in [3.63, 3.8) is 0 Å². The van der Waals surface area contributed by atoms with E-state index in [4.69, 9.17) is 0 Å². The molecule has 86 valence electrons. The molecule has 0 aromatic carbocycles. The SMILES string of the molecule is CNCC1C(=O)N(C)CC(C)N1C1CC1. The lowest BCUT2D eigenvalue weighted by Crippen LogP contribution is -2.63. The molecule has 2 aliphatic rings. The van der Waals surface area contributed by atoms with Gasteiger partial charge in [0.25, 0.3) is 0 Å². The van der Waals surface area contributed by atoms with Crippen molar-refractivity contribution in [2.75, 3.05) is 27.2 Å². The van der Waals surface area contributed by atoms with E-state index in [0.29, 0.717) is 12.1 Å². The number of piperazine rings is 1. The van der Waals surface area contributed by atoms with E-state index in [0.717, 1.165) is 13.1 Å². The monoisotopic (exact) mass is 211 g/mol. The number of rotatable bonds is 3. The van der Waals surface area contributed by atoms with Gasteiger partial charge >= 0.3 is 0 Å². The van der Waals surface area contributed by atoms with Crippen LogP contribution in [0.2, 0.25) is 0 Å². The Morgan fingerprint density at radius 1 is 1.47 bits per heavy atom. The first-order chi connectivity index (χ1) is 7.15. The molecule has 1 saturated heterocycles. The zero-order valence-electron chi connectivity index (χ0n) is 9.86. The van der Waals surface area contributed by atoms with E-state index in [9.17, 15) is 4.79 Å². The number of nitrogens with zero attached hydrogens (tertiary/aromatic N) is 2. The summed E-state index contributed by atoms with van der Waals surface area (Å²) in [5.74, 6) is 0.273. The minimum atomic E-state index is 0.0521. The fourth-order valence-corrected chi connectivity index (χ4v) is 2.64. The summed E-state index contributed by atoms with van der Waals surface area (Å²) in [6, 6.07) is 1.21. The van der Waals surface area contributed by atoms with Gasteiger partial charge in [-0.15, -0.1) is 0 Å². The van der Waals surface area contributed by atoms with Crippen LogP contribution >= 0.6 is 0 Å². The van der Waals surface area contributed by atoms with Crippen LogP contribution in [0.1, 0.15) is 19.8 Å². The number of likely N-dealkylation sites (N-methyl/N-ethyl adjacent to an activating group) is 2. The van der Waals surface area contributed by atoms with Crippen molar-refractivity contribution >= 4 is 5.91 Å². The summed E-state index contributed by atoms with van der Waals surface area (Å²) in [5, 5.41) is 3.13. The Morgan fingerprint density at radius 3 is 2.67 bits per heavy atom. The summed E-state index contributed by atoms with van der Waals surface area (Å²) < 4.78 is 0. The maximum atomic E-state index is 12.0. The molecule has 1 aliphatic heterocycles. The van der Waals surface area contributed by atoms with Crippen LogP contribution in [-0.4, -0.2) is 61.0 Å². The summed E-state index contributed by atoms with van der Waals surface area (Å²) in [6.45, 7) is 3.86. The van der Waals surface area contributed by atoms with Crippen molar-refractivity contribution in [1.82, 2.24) is 15.1 Å². The second-order valence-corrected chi connectivity index (χ2v) is 4.82. The van der Waals surface area contributed by atoms with Gasteiger partial charge in [-0.1, -0.05) is 0 Å². The van der Waals surface area contributed by atoms with Gasteiger partial charge < -0.3 is 10.2 Å². The lowest BCUT2D eigenvalue weighted by Gasteiger charge is -2.44. The van der Waals surface area contributed by atoms with Crippen LogP contribution in [0.5, 0.6) is 0 Å². The van der Waals surface area contributed by atoms with Crippen LogP contribution < -0.4 is 5.32 Å². The van der Waals surface area contributed by atoms with Crippen molar-refractivity contribution in [3.8, 4) is 0 Å². The Bertz CT molecular complexity index is 252. The predicted octanol–water partition coefficient (Wildman–Crippen LogP) is -0.101. The minimum absolute atomic E-state index is 0.0521. The van der Waals surface area contributed by atoms with E-state index in [2.05, 4.69) is 17.1 Å². The number of carbonyl (C=O) groups excluding carboxylic acids is 1. The molecule has 4 heteroatoms. The molecule has 0 aromatic heterocycles. The van der Waals surface area contributed by atoms with Crippen LogP contribution in [0.4, 0.5) is 0 Å². The lowest BCUT2D eigenvalue weighted by atomic mass is 10.1. The van der Waals surface area contributed by atoms with E-state index < -0.39 is 0 Å². The Labute approximate surface area is 91.6 Å². The quantitative estimate of drug-likeness (QED) is 0.708. The first-order valence-electron chi connectivity index (χ1n) is 5.82. The van der Waals surface area contributed by atoms with Gasteiger partial charge in [-0.2, -0.15) is 0 Å². The fraction of sp³-hybridized carbons (Fsp3) is 0.909. The molecule has 2 rings (SSSR count). The first-order valence-corrected chi connectivity index (χ1v) is 5.82. The van der Waals surface area contributed by atoms with Crippen molar-refractivity contribution in [3.05, 3.63) is 0 Å². The van der Waals surface area contributed by atoms with E-state index in [1.54, 1.807) is 0 Å². The van der Waals surface area contributed by atoms with Gasteiger partial charge in [0.05, 0.1) is 0 Å². The first kappa shape index (κ1) is 10.9. The fourth-order valence-electron chi connectivity index (χ4n) is 2.64. The van der Waals surface area contributed by atoms with Crippen LogP contribution in [0.3, 0.4) is 0 Å². The number of hydrogen-bond acceptors (Lipinski definition) is 3. The Balaban J connectivity index is 2.13. The van der Waals surface area contributed by atoms with Crippen molar-refractivity contribution in [2.45, 2.75) is 37.9 Å². The summed E-state index contributed by atoms with van der Waals surface area (Å²) in [5.41, 5.74) is 0. The number of amides is 1. The number of carbonyl (C=O) groups is 1. The highest BCUT2D eigenvalue weighted by Crippen LogP contribution is 2.32. The topological polar surface area (TPSA) is 35.6 Å². The molecule has 1 N–H and O–H groups in total. The highest BCUT2D eigenvalue weighted by molar-refractivity contribution is 5.83. The van der Waals surface area contributed by atoms with E-state index >= 15 is 0 Å². The van der Waals surface area contributed by atoms with Crippen LogP contribution in [0.15, 0.2) is 0 Å². The molecular weight excluding hydrogens is 190 g/mol. The minimum Gasteiger partial charge on any atom is -0.343 e. The second kappa shape index (κ2) is 4.10. The second-order valence-electron chi connectivity index (χ2n) is 4.82. The summed E-state index contributed by atoms with van der Waals surface area (Å²) in [4.78, 5) is 16.3. The maximum Gasteiger partial charge on any atom is 0.241 e. The molecule has 1 heterocycles. The van der Waals surface area contributed by atoms with E-state index in [1.807, 2.05) is 19.0 Å². The Kier molecular flexibility index (Phi) is 2.98. The predicted molar refractivity (Wildman–Crippen MR) is 59.7 cm³/mol. The zero-order valence-corrected chi connectivity index (χ0v) is 9.86. The molecule has 1 aliphatic carbocycles. The number of nitrogens with one attached hydrogen (secondary N) is 1. The van der Waals surface area contributed by atoms with Crippen molar-refractivity contribution < 1.29 is 4.79 Å².